The predicted molar refractivity (Wildman–Crippen MR) is 117 cm³/mol. The third-order valence-electron chi connectivity index (χ3n) is 5.22. The van der Waals surface area contributed by atoms with E-state index in [4.69, 9.17) is 0 Å². The van der Waals surface area contributed by atoms with Gasteiger partial charge in [0.2, 0.25) is 15.9 Å². The molecule has 0 unspecified atom stereocenters. The minimum absolute atomic E-state index is 0.0836. The molecule has 0 saturated carbocycles. The molecule has 162 valence electrons. The first-order valence-electron chi connectivity index (χ1n) is 9.89. The van der Waals surface area contributed by atoms with Crippen LogP contribution in [0.15, 0.2) is 35.2 Å². The third-order valence-corrected chi connectivity index (χ3v) is 8.34. The van der Waals surface area contributed by atoms with Gasteiger partial charge in [-0.05, 0) is 38.5 Å². The molecule has 7 nitrogen and oxygen atoms in total. The number of sulfonamides is 1. The fourth-order valence-electron chi connectivity index (χ4n) is 3.54. The maximum atomic E-state index is 12.9. The topological polar surface area (TPSA) is 86.8 Å². The standard InChI is InChI=1S/C21H27N3O4S2/c1-15-6-4-5-7-18(15)21(26)22-9-8-20(25)23-10-12-24(13-11-23)30(27,28)19-14-16(2)29-17(19)3/h4-7,14H,8-13H2,1-3H3,(H,22,26). The molecule has 9 heteroatoms. The second kappa shape index (κ2) is 9.28. The molecular formula is C21H27N3O4S2. The highest BCUT2D eigenvalue weighted by Gasteiger charge is 2.31. The number of thiophene rings is 1. The van der Waals surface area contributed by atoms with Crippen LogP contribution in [-0.4, -0.2) is 62.2 Å². The molecule has 2 heterocycles. The smallest absolute Gasteiger partial charge is 0.251 e. The lowest BCUT2D eigenvalue weighted by Gasteiger charge is -2.34. The van der Waals surface area contributed by atoms with Crippen LogP contribution in [0.1, 0.15) is 32.1 Å². The molecular weight excluding hydrogens is 422 g/mol. The molecule has 1 aromatic carbocycles. The van der Waals surface area contributed by atoms with Gasteiger partial charge in [0.25, 0.3) is 5.91 Å². The number of amides is 2. The number of aryl methyl sites for hydroxylation is 3. The normalized spacial score (nSPS) is 15.2. The van der Waals surface area contributed by atoms with E-state index in [2.05, 4.69) is 5.32 Å². The number of benzene rings is 1. The minimum Gasteiger partial charge on any atom is -0.352 e. The van der Waals surface area contributed by atoms with Crippen molar-refractivity contribution >= 4 is 33.2 Å². The highest BCUT2D eigenvalue weighted by molar-refractivity contribution is 7.89. The van der Waals surface area contributed by atoms with Crippen molar-refractivity contribution < 1.29 is 18.0 Å². The summed E-state index contributed by atoms with van der Waals surface area (Å²) in [6, 6.07) is 9.01. The van der Waals surface area contributed by atoms with Crippen LogP contribution >= 0.6 is 11.3 Å². The SMILES string of the molecule is Cc1cc(S(=O)(=O)N2CCN(C(=O)CCNC(=O)c3ccccc3C)CC2)c(C)s1. The molecule has 1 fully saturated rings. The second-order valence-electron chi connectivity index (χ2n) is 7.38. The highest BCUT2D eigenvalue weighted by atomic mass is 32.2. The van der Waals surface area contributed by atoms with E-state index in [1.807, 2.05) is 32.9 Å². The van der Waals surface area contributed by atoms with Gasteiger partial charge in [-0.2, -0.15) is 4.31 Å². The molecule has 1 aliphatic heterocycles. The van der Waals surface area contributed by atoms with Crippen LogP contribution in [0.4, 0.5) is 0 Å². The largest absolute Gasteiger partial charge is 0.352 e. The van der Waals surface area contributed by atoms with Crippen LogP contribution in [0.25, 0.3) is 0 Å². The van der Waals surface area contributed by atoms with Crippen LogP contribution in [-0.2, 0) is 14.8 Å². The Bertz CT molecular complexity index is 1040. The lowest BCUT2D eigenvalue weighted by molar-refractivity contribution is -0.132. The van der Waals surface area contributed by atoms with Crippen molar-refractivity contribution in [3.05, 3.63) is 51.2 Å². The second-order valence-corrected chi connectivity index (χ2v) is 10.7. The van der Waals surface area contributed by atoms with Gasteiger partial charge in [-0.1, -0.05) is 18.2 Å². The van der Waals surface area contributed by atoms with Crippen molar-refractivity contribution in [3.8, 4) is 0 Å². The Morgan fingerprint density at radius 1 is 1.07 bits per heavy atom. The van der Waals surface area contributed by atoms with Crippen LogP contribution in [0, 0.1) is 20.8 Å². The molecule has 0 aliphatic carbocycles. The fourth-order valence-corrected chi connectivity index (χ4v) is 6.49. The Labute approximate surface area is 181 Å². The molecule has 1 aromatic heterocycles. The summed E-state index contributed by atoms with van der Waals surface area (Å²) in [6.07, 6.45) is 0.188. The fraction of sp³-hybridized carbons (Fsp3) is 0.429. The van der Waals surface area contributed by atoms with Crippen LogP contribution in [0.5, 0.6) is 0 Å². The Hall–Kier alpha value is -2.23. The number of carbonyl (C=O) groups excluding carboxylic acids is 2. The number of piperazine rings is 1. The average molecular weight is 450 g/mol. The van der Waals surface area contributed by atoms with E-state index < -0.39 is 10.0 Å². The van der Waals surface area contributed by atoms with Gasteiger partial charge in [-0.3, -0.25) is 9.59 Å². The molecule has 1 saturated heterocycles. The maximum absolute atomic E-state index is 12.9. The number of nitrogens with one attached hydrogen (secondary N) is 1. The summed E-state index contributed by atoms with van der Waals surface area (Å²) in [5.74, 6) is -0.280. The van der Waals surface area contributed by atoms with Crippen molar-refractivity contribution in [2.45, 2.75) is 32.1 Å². The van der Waals surface area contributed by atoms with Crippen molar-refractivity contribution in [2.24, 2.45) is 0 Å². The quantitative estimate of drug-likeness (QED) is 0.733. The zero-order chi connectivity index (χ0) is 21.9. The summed E-state index contributed by atoms with van der Waals surface area (Å²) in [4.78, 5) is 28.5. The zero-order valence-electron chi connectivity index (χ0n) is 17.5. The zero-order valence-corrected chi connectivity index (χ0v) is 19.1. The summed E-state index contributed by atoms with van der Waals surface area (Å²) in [7, 11) is -3.54. The van der Waals surface area contributed by atoms with Crippen LogP contribution in [0.2, 0.25) is 0 Å². The van der Waals surface area contributed by atoms with Gasteiger partial charge in [-0.25, -0.2) is 8.42 Å². The molecule has 30 heavy (non-hydrogen) atoms. The maximum Gasteiger partial charge on any atom is 0.251 e. The Morgan fingerprint density at radius 2 is 1.73 bits per heavy atom. The van der Waals surface area contributed by atoms with Gasteiger partial charge >= 0.3 is 0 Å². The van der Waals surface area contributed by atoms with Crippen LogP contribution in [0.3, 0.4) is 0 Å². The number of nitrogens with zero attached hydrogens (tertiary/aromatic N) is 2. The highest BCUT2D eigenvalue weighted by Crippen LogP contribution is 2.28. The monoisotopic (exact) mass is 449 g/mol. The van der Waals surface area contributed by atoms with E-state index in [1.54, 1.807) is 23.1 Å². The number of carbonyl (C=O) groups is 2. The predicted octanol–water partition coefficient (Wildman–Crippen LogP) is 2.33. The van der Waals surface area contributed by atoms with Crippen molar-refractivity contribution in [1.82, 2.24) is 14.5 Å². The van der Waals surface area contributed by atoms with Crippen molar-refractivity contribution in [2.75, 3.05) is 32.7 Å². The Balaban J connectivity index is 1.49. The molecule has 2 amide bonds. The summed E-state index contributed by atoms with van der Waals surface area (Å²) in [6.45, 7) is 7.08. The van der Waals surface area contributed by atoms with Crippen molar-refractivity contribution in [3.63, 3.8) is 0 Å². The summed E-state index contributed by atoms with van der Waals surface area (Å²) < 4.78 is 27.2. The first kappa shape index (κ1) is 22.5. The molecule has 1 aliphatic rings. The van der Waals surface area contributed by atoms with Gasteiger partial charge in [0.15, 0.2) is 0 Å². The molecule has 1 N–H and O–H groups in total. The van der Waals surface area contributed by atoms with Gasteiger partial charge in [0.1, 0.15) is 0 Å². The minimum atomic E-state index is -3.54. The molecule has 2 aromatic rings. The van der Waals surface area contributed by atoms with E-state index in [0.717, 1.165) is 15.3 Å². The first-order valence-corrected chi connectivity index (χ1v) is 12.1. The lowest BCUT2D eigenvalue weighted by atomic mass is 10.1. The molecule has 3 rings (SSSR count). The Kier molecular flexibility index (Phi) is 6.95. The lowest BCUT2D eigenvalue weighted by Crippen LogP contribution is -2.50. The third kappa shape index (κ3) is 4.91. The van der Waals surface area contributed by atoms with Crippen molar-refractivity contribution in [1.29, 1.82) is 0 Å². The summed E-state index contributed by atoms with van der Waals surface area (Å²) in [5.41, 5.74) is 1.48. The molecule has 0 bridgehead atoms. The number of hydrogen-bond donors (Lipinski definition) is 1. The number of rotatable bonds is 6. The van der Waals surface area contributed by atoms with Gasteiger partial charge in [0.05, 0.1) is 4.90 Å². The van der Waals surface area contributed by atoms with E-state index in [-0.39, 0.29) is 37.9 Å². The van der Waals surface area contributed by atoms with Gasteiger partial charge < -0.3 is 10.2 Å². The molecule has 0 radical (unpaired) electrons. The Morgan fingerprint density at radius 3 is 2.33 bits per heavy atom. The van der Waals surface area contributed by atoms with E-state index in [1.165, 1.54) is 15.6 Å². The van der Waals surface area contributed by atoms with E-state index in [0.29, 0.717) is 23.5 Å². The average Bonchev–Trinajstić information content (AvgIpc) is 3.07. The number of hydrogen-bond acceptors (Lipinski definition) is 5. The van der Waals surface area contributed by atoms with Gasteiger partial charge in [0, 0.05) is 54.5 Å². The summed E-state index contributed by atoms with van der Waals surface area (Å²) >= 11 is 1.47. The van der Waals surface area contributed by atoms with E-state index in [9.17, 15) is 18.0 Å². The van der Waals surface area contributed by atoms with Gasteiger partial charge in [-0.15, -0.1) is 11.3 Å². The molecule has 0 spiro atoms. The van der Waals surface area contributed by atoms with E-state index >= 15 is 0 Å². The first-order chi connectivity index (χ1) is 14.2. The van der Waals surface area contributed by atoms with Crippen LogP contribution < -0.4 is 5.32 Å². The summed E-state index contributed by atoms with van der Waals surface area (Å²) in [5, 5.41) is 2.78. The molecule has 0 atom stereocenters.